The molecular formula is C13H29N3. The minimum Gasteiger partial charge on any atom is -0.320 e. The van der Waals surface area contributed by atoms with Gasteiger partial charge in [0.25, 0.3) is 0 Å². The molecule has 0 spiro atoms. The van der Waals surface area contributed by atoms with Crippen molar-refractivity contribution in [3.8, 4) is 0 Å². The molecule has 1 aliphatic rings. The third kappa shape index (κ3) is 4.04. The maximum atomic E-state index is 3.21. The number of piperazine rings is 1. The van der Waals surface area contributed by atoms with Gasteiger partial charge in [-0.15, -0.1) is 0 Å². The summed E-state index contributed by atoms with van der Waals surface area (Å²) in [5.41, 5.74) is 0.386. The quantitative estimate of drug-likeness (QED) is 0.692. The lowest BCUT2D eigenvalue weighted by atomic mass is 9.98. The second-order valence-corrected chi connectivity index (χ2v) is 5.45. The Kier molecular flexibility index (Phi) is 5.73. The maximum Gasteiger partial charge on any atom is 0.0151 e. The Balaban J connectivity index is 2.23. The van der Waals surface area contributed by atoms with Crippen molar-refractivity contribution in [2.45, 2.75) is 39.2 Å². The molecule has 16 heavy (non-hydrogen) atoms. The summed E-state index contributed by atoms with van der Waals surface area (Å²) in [6, 6.07) is 0. The first-order valence-electron chi connectivity index (χ1n) is 6.72. The number of rotatable bonds is 6. The molecule has 1 heterocycles. The maximum absolute atomic E-state index is 3.21. The Morgan fingerprint density at radius 2 is 1.75 bits per heavy atom. The summed E-state index contributed by atoms with van der Waals surface area (Å²) in [7, 11) is 2.03. The van der Waals surface area contributed by atoms with Crippen molar-refractivity contribution < 1.29 is 0 Å². The summed E-state index contributed by atoms with van der Waals surface area (Å²) in [4.78, 5) is 5.24. The SMILES string of the molecule is CCC(C)(C)N1CCN(CCCNC)CC1. The zero-order valence-corrected chi connectivity index (χ0v) is 11.6. The molecule has 3 nitrogen and oxygen atoms in total. The molecule has 96 valence electrons. The lowest BCUT2D eigenvalue weighted by Gasteiger charge is -2.43. The molecular weight excluding hydrogens is 198 g/mol. The van der Waals surface area contributed by atoms with Crippen LogP contribution in [0.3, 0.4) is 0 Å². The average Bonchev–Trinajstić information content (AvgIpc) is 2.30. The van der Waals surface area contributed by atoms with E-state index in [1.807, 2.05) is 7.05 Å². The fraction of sp³-hybridized carbons (Fsp3) is 1.00. The Hall–Kier alpha value is -0.120. The van der Waals surface area contributed by atoms with Gasteiger partial charge in [-0.2, -0.15) is 0 Å². The summed E-state index contributed by atoms with van der Waals surface area (Å²) >= 11 is 0. The van der Waals surface area contributed by atoms with Crippen molar-refractivity contribution >= 4 is 0 Å². The van der Waals surface area contributed by atoms with Crippen LogP contribution in [0.5, 0.6) is 0 Å². The van der Waals surface area contributed by atoms with Crippen LogP contribution < -0.4 is 5.32 Å². The average molecular weight is 227 g/mol. The van der Waals surface area contributed by atoms with Crippen LogP contribution in [-0.2, 0) is 0 Å². The largest absolute Gasteiger partial charge is 0.320 e. The van der Waals surface area contributed by atoms with Gasteiger partial charge in [0.05, 0.1) is 0 Å². The van der Waals surface area contributed by atoms with Gasteiger partial charge in [0.2, 0.25) is 0 Å². The van der Waals surface area contributed by atoms with E-state index in [4.69, 9.17) is 0 Å². The summed E-state index contributed by atoms with van der Waals surface area (Å²) < 4.78 is 0. The highest BCUT2D eigenvalue weighted by Crippen LogP contribution is 2.20. The molecule has 1 saturated heterocycles. The molecule has 1 N–H and O–H groups in total. The topological polar surface area (TPSA) is 18.5 Å². The van der Waals surface area contributed by atoms with Crippen LogP contribution in [0.2, 0.25) is 0 Å². The van der Waals surface area contributed by atoms with E-state index in [1.165, 1.54) is 45.6 Å². The van der Waals surface area contributed by atoms with Crippen LogP contribution in [0.1, 0.15) is 33.6 Å². The van der Waals surface area contributed by atoms with E-state index in [0.29, 0.717) is 5.54 Å². The minimum atomic E-state index is 0.386. The molecule has 1 rings (SSSR count). The predicted molar refractivity (Wildman–Crippen MR) is 70.9 cm³/mol. The van der Waals surface area contributed by atoms with E-state index < -0.39 is 0 Å². The van der Waals surface area contributed by atoms with Crippen molar-refractivity contribution in [1.82, 2.24) is 15.1 Å². The lowest BCUT2D eigenvalue weighted by Crippen LogP contribution is -2.54. The van der Waals surface area contributed by atoms with E-state index in [9.17, 15) is 0 Å². The van der Waals surface area contributed by atoms with Gasteiger partial charge in [-0.1, -0.05) is 6.92 Å². The Bertz CT molecular complexity index is 184. The van der Waals surface area contributed by atoms with Crippen molar-refractivity contribution in [2.75, 3.05) is 46.3 Å². The molecule has 0 unspecified atom stereocenters. The molecule has 0 aromatic carbocycles. The molecule has 0 atom stereocenters. The molecule has 3 heteroatoms. The van der Waals surface area contributed by atoms with Crippen LogP contribution in [0.25, 0.3) is 0 Å². The highest BCUT2D eigenvalue weighted by molar-refractivity contribution is 4.84. The predicted octanol–water partition coefficient (Wildman–Crippen LogP) is 1.40. The van der Waals surface area contributed by atoms with Gasteiger partial charge < -0.3 is 10.2 Å². The third-order valence-corrected chi connectivity index (χ3v) is 3.99. The van der Waals surface area contributed by atoms with Gasteiger partial charge in [-0.3, -0.25) is 4.90 Å². The summed E-state index contributed by atoms with van der Waals surface area (Å²) in [6.07, 6.45) is 2.51. The van der Waals surface area contributed by atoms with E-state index in [2.05, 4.69) is 35.9 Å². The molecule has 0 radical (unpaired) electrons. The van der Waals surface area contributed by atoms with Gasteiger partial charge in [0, 0.05) is 31.7 Å². The molecule has 0 aromatic heterocycles. The van der Waals surface area contributed by atoms with Crippen molar-refractivity contribution in [3.05, 3.63) is 0 Å². The standard InChI is InChI=1S/C13H29N3/c1-5-13(2,3)16-11-9-15(10-12-16)8-6-7-14-4/h14H,5-12H2,1-4H3. The highest BCUT2D eigenvalue weighted by Gasteiger charge is 2.27. The smallest absolute Gasteiger partial charge is 0.0151 e. The molecule has 0 aliphatic carbocycles. The molecule has 0 aromatic rings. The Morgan fingerprint density at radius 3 is 2.25 bits per heavy atom. The lowest BCUT2D eigenvalue weighted by molar-refractivity contribution is 0.0497. The zero-order valence-electron chi connectivity index (χ0n) is 11.6. The highest BCUT2D eigenvalue weighted by atomic mass is 15.3. The number of hydrogen-bond donors (Lipinski definition) is 1. The third-order valence-electron chi connectivity index (χ3n) is 3.99. The van der Waals surface area contributed by atoms with Crippen LogP contribution in [0, 0.1) is 0 Å². The summed E-state index contributed by atoms with van der Waals surface area (Å²) in [5, 5.41) is 3.21. The molecule has 0 saturated carbocycles. The van der Waals surface area contributed by atoms with Gasteiger partial charge in [-0.05, 0) is 46.8 Å². The fourth-order valence-corrected chi connectivity index (χ4v) is 2.28. The second kappa shape index (κ2) is 6.58. The van der Waals surface area contributed by atoms with Gasteiger partial charge >= 0.3 is 0 Å². The van der Waals surface area contributed by atoms with Gasteiger partial charge in [-0.25, -0.2) is 0 Å². The fourth-order valence-electron chi connectivity index (χ4n) is 2.28. The molecule has 0 amide bonds. The second-order valence-electron chi connectivity index (χ2n) is 5.45. The van der Waals surface area contributed by atoms with Crippen LogP contribution in [-0.4, -0.2) is 61.7 Å². The number of nitrogens with zero attached hydrogens (tertiary/aromatic N) is 2. The summed E-state index contributed by atoms with van der Waals surface area (Å²) in [5.74, 6) is 0. The Morgan fingerprint density at radius 1 is 1.12 bits per heavy atom. The first-order valence-corrected chi connectivity index (χ1v) is 6.72. The van der Waals surface area contributed by atoms with Crippen LogP contribution in [0.4, 0.5) is 0 Å². The molecule has 1 aliphatic heterocycles. The first-order chi connectivity index (χ1) is 7.60. The first kappa shape index (κ1) is 13.9. The van der Waals surface area contributed by atoms with E-state index in [1.54, 1.807) is 0 Å². The van der Waals surface area contributed by atoms with E-state index >= 15 is 0 Å². The summed E-state index contributed by atoms with van der Waals surface area (Å²) in [6.45, 7) is 14.4. The van der Waals surface area contributed by atoms with E-state index in [0.717, 1.165) is 6.54 Å². The normalized spacial score (nSPS) is 20.2. The molecule has 0 bridgehead atoms. The van der Waals surface area contributed by atoms with Crippen LogP contribution in [0.15, 0.2) is 0 Å². The monoisotopic (exact) mass is 227 g/mol. The molecule has 1 fully saturated rings. The van der Waals surface area contributed by atoms with Gasteiger partial charge in [0.1, 0.15) is 0 Å². The van der Waals surface area contributed by atoms with Crippen LogP contribution >= 0.6 is 0 Å². The minimum absolute atomic E-state index is 0.386. The van der Waals surface area contributed by atoms with E-state index in [-0.39, 0.29) is 0 Å². The van der Waals surface area contributed by atoms with Crippen molar-refractivity contribution in [1.29, 1.82) is 0 Å². The Labute approximate surface area is 101 Å². The van der Waals surface area contributed by atoms with Gasteiger partial charge in [0.15, 0.2) is 0 Å². The number of hydrogen-bond acceptors (Lipinski definition) is 3. The number of nitrogens with one attached hydrogen (secondary N) is 1. The zero-order chi connectivity index (χ0) is 12.0. The van der Waals surface area contributed by atoms with Crippen molar-refractivity contribution in [2.24, 2.45) is 0 Å². The van der Waals surface area contributed by atoms with Crippen molar-refractivity contribution in [3.63, 3.8) is 0 Å².